The predicted octanol–water partition coefficient (Wildman–Crippen LogP) is 0.165. The number of carboxylic acids is 1. The number of aliphatic carboxylic acids is 1. The largest absolute Gasteiger partial charge is 0.481 e. The van der Waals surface area contributed by atoms with Gasteiger partial charge in [0.25, 0.3) is 0 Å². The molecule has 1 fully saturated rings. The summed E-state index contributed by atoms with van der Waals surface area (Å²) in [5.74, 6) is -0.987. The molecule has 0 aliphatic carbocycles. The van der Waals surface area contributed by atoms with E-state index in [1.54, 1.807) is 0 Å². The molecule has 0 radical (unpaired) electrons. The summed E-state index contributed by atoms with van der Waals surface area (Å²) < 4.78 is 0. The van der Waals surface area contributed by atoms with Crippen molar-refractivity contribution in [3.63, 3.8) is 0 Å². The van der Waals surface area contributed by atoms with Crippen molar-refractivity contribution in [1.29, 1.82) is 0 Å². The van der Waals surface area contributed by atoms with Crippen molar-refractivity contribution in [3.05, 3.63) is 0 Å². The van der Waals surface area contributed by atoms with Crippen LogP contribution in [0.3, 0.4) is 0 Å². The van der Waals surface area contributed by atoms with Gasteiger partial charge < -0.3 is 10.4 Å². The van der Waals surface area contributed by atoms with E-state index in [4.69, 9.17) is 5.11 Å². The SMILES string of the molecule is CCCNC(=O)CN1C[C@@H](C)[C@H](C(=O)O)C1. The van der Waals surface area contributed by atoms with Gasteiger partial charge in [-0.15, -0.1) is 0 Å². The van der Waals surface area contributed by atoms with Crippen molar-refractivity contribution in [2.45, 2.75) is 20.3 Å². The zero-order valence-corrected chi connectivity index (χ0v) is 9.90. The van der Waals surface area contributed by atoms with Crippen LogP contribution in [0.15, 0.2) is 0 Å². The molecule has 1 rings (SSSR count). The Labute approximate surface area is 95.8 Å². The van der Waals surface area contributed by atoms with Crippen LogP contribution < -0.4 is 5.32 Å². The third kappa shape index (κ3) is 3.48. The van der Waals surface area contributed by atoms with Crippen LogP contribution in [-0.4, -0.2) is 48.1 Å². The van der Waals surface area contributed by atoms with Crippen molar-refractivity contribution in [1.82, 2.24) is 10.2 Å². The minimum atomic E-state index is -0.760. The van der Waals surface area contributed by atoms with Gasteiger partial charge in [-0.1, -0.05) is 13.8 Å². The Morgan fingerprint density at radius 1 is 1.44 bits per heavy atom. The Balaban J connectivity index is 2.35. The first-order chi connectivity index (χ1) is 7.54. The van der Waals surface area contributed by atoms with Crippen LogP contribution in [0.2, 0.25) is 0 Å². The van der Waals surface area contributed by atoms with Crippen LogP contribution in [0, 0.1) is 11.8 Å². The molecule has 0 aromatic carbocycles. The summed E-state index contributed by atoms with van der Waals surface area (Å²) in [6.45, 7) is 6.09. The topological polar surface area (TPSA) is 69.6 Å². The maximum atomic E-state index is 11.4. The highest BCUT2D eigenvalue weighted by Gasteiger charge is 2.35. The van der Waals surface area contributed by atoms with Crippen LogP contribution in [0.4, 0.5) is 0 Å². The van der Waals surface area contributed by atoms with Crippen LogP contribution in [-0.2, 0) is 9.59 Å². The molecule has 2 atom stereocenters. The second kappa shape index (κ2) is 5.84. The van der Waals surface area contributed by atoms with Gasteiger partial charge in [0.1, 0.15) is 0 Å². The van der Waals surface area contributed by atoms with Crippen molar-refractivity contribution >= 4 is 11.9 Å². The minimum Gasteiger partial charge on any atom is -0.481 e. The molecule has 0 unspecified atom stereocenters. The summed E-state index contributed by atoms with van der Waals surface area (Å²) in [4.78, 5) is 24.2. The summed E-state index contributed by atoms with van der Waals surface area (Å²) in [6.07, 6.45) is 0.917. The number of carbonyl (C=O) groups is 2. The molecule has 0 aromatic rings. The highest BCUT2D eigenvalue weighted by atomic mass is 16.4. The van der Waals surface area contributed by atoms with E-state index < -0.39 is 5.97 Å². The molecule has 92 valence electrons. The zero-order valence-electron chi connectivity index (χ0n) is 9.90. The molecule has 1 heterocycles. The lowest BCUT2D eigenvalue weighted by molar-refractivity contribution is -0.142. The molecule has 1 amide bonds. The summed E-state index contributed by atoms with van der Waals surface area (Å²) in [5.41, 5.74) is 0. The van der Waals surface area contributed by atoms with Crippen LogP contribution in [0.25, 0.3) is 0 Å². The zero-order chi connectivity index (χ0) is 12.1. The molecule has 1 aliphatic rings. The summed E-state index contributed by atoms with van der Waals surface area (Å²) in [7, 11) is 0. The molecular formula is C11H20N2O3. The molecule has 0 bridgehead atoms. The van der Waals surface area contributed by atoms with Gasteiger partial charge in [0.05, 0.1) is 12.5 Å². The Hall–Kier alpha value is -1.10. The maximum absolute atomic E-state index is 11.4. The number of nitrogens with one attached hydrogen (secondary N) is 1. The minimum absolute atomic E-state index is 0.0138. The molecule has 0 spiro atoms. The Kier molecular flexibility index (Phi) is 4.73. The van der Waals surface area contributed by atoms with Crippen LogP contribution >= 0.6 is 0 Å². The number of amides is 1. The third-order valence-electron chi connectivity index (χ3n) is 2.94. The fourth-order valence-electron chi connectivity index (χ4n) is 2.04. The molecule has 5 nitrogen and oxygen atoms in total. The van der Waals surface area contributed by atoms with Gasteiger partial charge in [-0.3, -0.25) is 14.5 Å². The second-order valence-electron chi connectivity index (χ2n) is 4.47. The van der Waals surface area contributed by atoms with Gasteiger partial charge in [-0.2, -0.15) is 0 Å². The van der Waals surface area contributed by atoms with Gasteiger partial charge in [0, 0.05) is 19.6 Å². The average Bonchev–Trinajstić information content (AvgIpc) is 2.56. The molecule has 0 saturated carbocycles. The number of nitrogens with zero attached hydrogens (tertiary/aromatic N) is 1. The lowest BCUT2D eigenvalue weighted by Gasteiger charge is -2.14. The number of rotatable bonds is 5. The highest BCUT2D eigenvalue weighted by Crippen LogP contribution is 2.22. The fraction of sp³-hybridized carbons (Fsp3) is 0.818. The quantitative estimate of drug-likeness (QED) is 0.703. The lowest BCUT2D eigenvalue weighted by atomic mass is 9.99. The third-order valence-corrected chi connectivity index (χ3v) is 2.94. The van der Waals surface area contributed by atoms with E-state index in [0.717, 1.165) is 6.42 Å². The first kappa shape index (κ1) is 13.0. The molecule has 0 aromatic heterocycles. The Morgan fingerprint density at radius 3 is 2.62 bits per heavy atom. The standard InChI is InChI=1S/C11H20N2O3/c1-3-4-12-10(14)7-13-5-8(2)9(6-13)11(15)16/h8-9H,3-7H2,1-2H3,(H,12,14)(H,15,16)/t8-,9-/m1/s1. The van der Waals surface area contributed by atoms with Crippen molar-refractivity contribution in [3.8, 4) is 0 Å². The van der Waals surface area contributed by atoms with Gasteiger partial charge in [0.15, 0.2) is 0 Å². The van der Waals surface area contributed by atoms with E-state index in [2.05, 4.69) is 5.32 Å². The van der Waals surface area contributed by atoms with Crippen molar-refractivity contribution < 1.29 is 14.7 Å². The van der Waals surface area contributed by atoms with Crippen molar-refractivity contribution in [2.75, 3.05) is 26.2 Å². The highest BCUT2D eigenvalue weighted by molar-refractivity contribution is 5.78. The van der Waals surface area contributed by atoms with Gasteiger partial charge >= 0.3 is 5.97 Å². The molecule has 2 N–H and O–H groups in total. The van der Waals surface area contributed by atoms with Crippen LogP contribution in [0.1, 0.15) is 20.3 Å². The fourth-order valence-corrected chi connectivity index (χ4v) is 2.04. The van der Waals surface area contributed by atoms with Crippen LogP contribution in [0.5, 0.6) is 0 Å². The Morgan fingerprint density at radius 2 is 2.12 bits per heavy atom. The van der Waals surface area contributed by atoms with Gasteiger partial charge in [-0.05, 0) is 12.3 Å². The van der Waals surface area contributed by atoms with E-state index >= 15 is 0 Å². The number of carboxylic acid groups (broad SMARTS) is 1. The molecular weight excluding hydrogens is 208 g/mol. The predicted molar refractivity (Wildman–Crippen MR) is 60.0 cm³/mol. The Bertz CT molecular complexity index is 268. The molecule has 1 saturated heterocycles. The smallest absolute Gasteiger partial charge is 0.308 e. The van der Waals surface area contributed by atoms with E-state index in [-0.39, 0.29) is 17.7 Å². The monoisotopic (exact) mass is 228 g/mol. The summed E-state index contributed by atoms with van der Waals surface area (Å²) >= 11 is 0. The van der Waals surface area contributed by atoms with E-state index in [1.807, 2.05) is 18.7 Å². The van der Waals surface area contributed by atoms with E-state index in [0.29, 0.717) is 26.2 Å². The normalized spacial score (nSPS) is 25.6. The lowest BCUT2D eigenvalue weighted by Crippen LogP contribution is -2.36. The number of carbonyl (C=O) groups excluding carboxylic acids is 1. The first-order valence-electron chi connectivity index (χ1n) is 5.76. The van der Waals surface area contributed by atoms with Gasteiger partial charge in [0.2, 0.25) is 5.91 Å². The average molecular weight is 228 g/mol. The molecule has 16 heavy (non-hydrogen) atoms. The van der Waals surface area contributed by atoms with Gasteiger partial charge in [-0.25, -0.2) is 0 Å². The summed E-state index contributed by atoms with van der Waals surface area (Å²) in [5, 5.41) is 11.7. The van der Waals surface area contributed by atoms with E-state index in [9.17, 15) is 9.59 Å². The first-order valence-corrected chi connectivity index (χ1v) is 5.76. The number of hydrogen-bond acceptors (Lipinski definition) is 3. The maximum Gasteiger partial charge on any atom is 0.308 e. The molecule has 5 heteroatoms. The van der Waals surface area contributed by atoms with E-state index in [1.165, 1.54) is 0 Å². The second-order valence-corrected chi connectivity index (χ2v) is 4.47. The van der Waals surface area contributed by atoms with Crippen molar-refractivity contribution in [2.24, 2.45) is 11.8 Å². The summed E-state index contributed by atoms with van der Waals surface area (Å²) in [6, 6.07) is 0. The molecule has 1 aliphatic heterocycles. The number of hydrogen-bond donors (Lipinski definition) is 2. The number of likely N-dealkylation sites (tertiary alicyclic amines) is 1.